The minimum atomic E-state index is 0.581. The number of thiazole rings is 1. The quantitative estimate of drug-likeness (QED) is 0.853. The Kier molecular flexibility index (Phi) is 5.41. The molecule has 2 rings (SSSR count). The Bertz CT molecular complexity index is 582. The highest BCUT2D eigenvalue weighted by molar-refractivity contribution is 7.17. The van der Waals surface area contributed by atoms with Crippen LogP contribution in [0.3, 0.4) is 0 Å². The van der Waals surface area contributed by atoms with E-state index in [2.05, 4.69) is 67.6 Å². The minimum absolute atomic E-state index is 0.581. The van der Waals surface area contributed by atoms with Gasteiger partial charge in [0.2, 0.25) is 0 Å². The lowest BCUT2D eigenvalue weighted by Gasteiger charge is -2.26. The largest absolute Gasteiger partial charge is 0.310 e. The van der Waals surface area contributed by atoms with Gasteiger partial charge in [0, 0.05) is 30.2 Å². The summed E-state index contributed by atoms with van der Waals surface area (Å²) in [5, 5.41) is 3.62. The molecule has 0 amide bonds. The van der Waals surface area contributed by atoms with Crippen molar-refractivity contribution in [1.29, 1.82) is 0 Å². The van der Waals surface area contributed by atoms with E-state index in [9.17, 15) is 0 Å². The number of nitrogens with one attached hydrogen (secondary N) is 1. The standard InChI is InChI=1S/C16H28N4S/c1-11(2)7-14(19(5)6)8-17-9-15-13(4)18-16-20(15)10-12(3)21-16/h10-11,14,17H,7-9H2,1-6H3. The summed E-state index contributed by atoms with van der Waals surface area (Å²) in [7, 11) is 4.33. The molecule has 118 valence electrons. The van der Waals surface area contributed by atoms with E-state index in [0.29, 0.717) is 6.04 Å². The third-order valence-corrected chi connectivity index (χ3v) is 4.79. The molecule has 0 fully saturated rings. The number of fused-ring (bicyclic) bond motifs is 1. The van der Waals surface area contributed by atoms with Gasteiger partial charge in [-0.25, -0.2) is 4.98 Å². The van der Waals surface area contributed by atoms with Crippen molar-refractivity contribution in [3.8, 4) is 0 Å². The molecule has 0 bridgehead atoms. The van der Waals surface area contributed by atoms with Crippen molar-refractivity contribution in [1.82, 2.24) is 19.6 Å². The van der Waals surface area contributed by atoms with Crippen molar-refractivity contribution in [3.05, 3.63) is 22.5 Å². The van der Waals surface area contributed by atoms with Gasteiger partial charge < -0.3 is 10.2 Å². The van der Waals surface area contributed by atoms with E-state index >= 15 is 0 Å². The number of likely N-dealkylation sites (N-methyl/N-ethyl adjacent to an activating group) is 1. The van der Waals surface area contributed by atoms with E-state index in [4.69, 9.17) is 0 Å². The molecule has 2 aromatic heterocycles. The molecule has 4 nitrogen and oxygen atoms in total. The first-order valence-corrected chi connectivity index (χ1v) is 8.51. The number of nitrogens with zero attached hydrogens (tertiary/aromatic N) is 3. The molecule has 21 heavy (non-hydrogen) atoms. The maximum atomic E-state index is 4.65. The topological polar surface area (TPSA) is 32.6 Å². The van der Waals surface area contributed by atoms with Gasteiger partial charge in [-0.15, -0.1) is 11.3 Å². The second-order valence-corrected chi connectivity index (χ2v) is 7.73. The van der Waals surface area contributed by atoms with Crippen LogP contribution in [0.4, 0.5) is 0 Å². The van der Waals surface area contributed by atoms with E-state index in [1.54, 1.807) is 11.3 Å². The maximum absolute atomic E-state index is 4.65. The monoisotopic (exact) mass is 308 g/mol. The van der Waals surface area contributed by atoms with Crippen LogP contribution in [0.2, 0.25) is 0 Å². The minimum Gasteiger partial charge on any atom is -0.310 e. The molecule has 0 saturated heterocycles. The molecule has 1 atom stereocenters. The lowest BCUT2D eigenvalue weighted by Crippen LogP contribution is -2.38. The molecular formula is C16H28N4S. The first-order valence-electron chi connectivity index (χ1n) is 7.69. The predicted octanol–water partition coefficient (Wildman–Crippen LogP) is 3.08. The highest BCUT2D eigenvalue weighted by Gasteiger charge is 2.15. The Morgan fingerprint density at radius 1 is 1.33 bits per heavy atom. The van der Waals surface area contributed by atoms with Crippen molar-refractivity contribution in [2.75, 3.05) is 20.6 Å². The van der Waals surface area contributed by atoms with Crippen LogP contribution in [-0.2, 0) is 6.54 Å². The molecule has 0 aliphatic carbocycles. The zero-order chi connectivity index (χ0) is 15.6. The van der Waals surface area contributed by atoms with E-state index in [1.807, 2.05) is 0 Å². The first-order chi connectivity index (χ1) is 9.88. The van der Waals surface area contributed by atoms with Crippen molar-refractivity contribution < 1.29 is 0 Å². The van der Waals surface area contributed by atoms with Crippen molar-refractivity contribution in [2.45, 2.75) is 46.7 Å². The van der Waals surface area contributed by atoms with Crippen LogP contribution in [0.25, 0.3) is 4.96 Å². The number of hydrogen-bond donors (Lipinski definition) is 1. The summed E-state index contributed by atoms with van der Waals surface area (Å²) in [4.78, 5) is 9.38. The summed E-state index contributed by atoms with van der Waals surface area (Å²) in [6, 6.07) is 0.581. The molecule has 0 spiro atoms. The normalized spacial score (nSPS) is 13.7. The van der Waals surface area contributed by atoms with Crippen LogP contribution in [0.15, 0.2) is 6.20 Å². The van der Waals surface area contributed by atoms with Crippen LogP contribution < -0.4 is 5.32 Å². The molecule has 1 N–H and O–H groups in total. The molecule has 0 aliphatic heterocycles. The molecule has 0 radical (unpaired) electrons. The van der Waals surface area contributed by atoms with Gasteiger partial charge >= 0.3 is 0 Å². The SMILES string of the molecule is Cc1cn2c(CNCC(CC(C)C)N(C)C)c(C)nc2s1. The zero-order valence-corrected chi connectivity index (χ0v) is 14.9. The number of rotatable bonds is 7. The summed E-state index contributed by atoms with van der Waals surface area (Å²) in [5.41, 5.74) is 2.43. The van der Waals surface area contributed by atoms with Gasteiger partial charge in [0.25, 0.3) is 0 Å². The molecule has 1 unspecified atom stereocenters. The molecule has 0 aliphatic rings. The molecule has 0 aromatic carbocycles. The van der Waals surface area contributed by atoms with Gasteiger partial charge in [0.1, 0.15) is 0 Å². The predicted molar refractivity (Wildman–Crippen MR) is 91.2 cm³/mol. The highest BCUT2D eigenvalue weighted by Crippen LogP contribution is 2.20. The zero-order valence-electron chi connectivity index (χ0n) is 14.1. The number of aryl methyl sites for hydroxylation is 2. The fourth-order valence-electron chi connectivity index (χ4n) is 2.70. The average Bonchev–Trinajstić information content (AvgIpc) is 2.84. The van der Waals surface area contributed by atoms with Gasteiger partial charge in [0.05, 0.1) is 11.4 Å². The Balaban J connectivity index is 1.99. The van der Waals surface area contributed by atoms with E-state index in [-0.39, 0.29) is 0 Å². The third-order valence-electron chi connectivity index (χ3n) is 3.89. The van der Waals surface area contributed by atoms with E-state index in [1.165, 1.54) is 17.0 Å². The summed E-state index contributed by atoms with van der Waals surface area (Å²) >= 11 is 1.76. The van der Waals surface area contributed by atoms with Crippen molar-refractivity contribution in [3.63, 3.8) is 0 Å². The molecule has 2 aromatic rings. The Morgan fingerprint density at radius 2 is 2.05 bits per heavy atom. The van der Waals surface area contributed by atoms with Crippen LogP contribution in [0, 0.1) is 19.8 Å². The first kappa shape index (κ1) is 16.5. The second-order valence-electron chi connectivity index (χ2n) is 6.52. The molecule has 2 heterocycles. The van der Waals surface area contributed by atoms with Crippen LogP contribution in [-0.4, -0.2) is 41.0 Å². The summed E-state index contributed by atoms with van der Waals surface area (Å²) in [6.45, 7) is 10.7. The Labute approximate surface area is 132 Å². The van der Waals surface area contributed by atoms with Crippen LogP contribution >= 0.6 is 11.3 Å². The lowest BCUT2D eigenvalue weighted by molar-refractivity contribution is 0.246. The second kappa shape index (κ2) is 6.90. The summed E-state index contributed by atoms with van der Waals surface area (Å²) in [6.07, 6.45) is 3.41. The maximum Gasteiger partial charge on any atom is 0.194 e. The molecule has 5 heteroatoms. The van der Waals surface area contributed by atoms with Gasteiger partial charge in [-0.3, -0.25) is 4.40 Å². The number of aromatic nitrogens is 2. The fraction of sp³-hybridized carbons (Fsp3) is 0.688. The summed E-state index contributed by atoms with van der Waals surface area (Å²) < 4.78 is 2.23. The van der Waals surface area contributed by atoms with Crippen LogP contribution in [0.5, 0.6) is 0 Å². The highest BCUT2D eigenvalue weighted by atomic mass is 32.1. The Morgan fingerprint density at radius 3 is 2.67 bits per heavy atom. The summed E-state index contributed by atoms with van der Waals surface area (Å²) in [5.74, 6) is 0.724. The molecule has 0 saturated carbocycles. The van der Waals surface area contributed by atoms with Crippen molar-refractivity contribution in [2.24, 2.45) is 5.92 Å². The third kappa shape index (κ3) is 4.05. The van der Waals surface area contributed by atoms with Gasteiger partial charge in [-0.1, -0.05) is 13.8 Å². The van der Waals surface area contributed by atoms with Gasteiger partial charge in [0.15, 0.2) is 4.96 Å². The smallest absolute Gasteiger partial charge is 0.194 e. The van der Waals surface area contributed by atoms with Crippen LogP contribution in [0.1, 0.15) is 36.5 Å². The Hall–Kier alpha value is -0.910. The van der Waals surface area contributed by atoms with Gasteiger partial charge in [-0.05, 0) is 40.3 Å². The average molecular weight is 308 g/mol. The molecular weight excluding hydrogens is 280 g/mol. The lowest BCUT2D eigenvalue weighted by atomic mass is 10.0. The fourth-order valence-corrected chi connectivity index (χ4v) is 3.59. The van der Waals surface area contributed by atoms with Gasteiger partial charge in [-0.2, -0.15) is 0 Å². The van der Waals surface area contributed by atoms with E-state index < -0.39 is 0 Å². The number of hydrogen-bond acceptors (Lipinski definition) is 4. The van der Waals surface area contributed by atoms with E-state index in [0.717, 1.165) is 29.7 Å². The van der Waals surface area contributed by atoms with Crippen molar-refractivity contribution >= 4 is 16.3 Å². The number of imidazole rings is 1.